The molecule has 0 saturated carbocycles. The van der Waals surface area contributed by atoms with Crippen molar-refractivity contribution in [2.24, 2.45) is 5.84 Å². The molecule has 19 heavy (non-hydrogen) atoms. The number of nitrogens with zero attached hydrogens (tertiary/aromatic N) is 2. The lowest BCUT2D eigenvalue weighted by Gasteiger charge is -2.22. The summed E-state index contributed by atoms with van der Waals surface area (Å²) in [7, 11) is -1.41. The molecule has 1 fully saturated rings. The van der Waals surface area contributed by atoms with Gasteiger partial charge in [0.15, 0.2) is 9.84 Å². The average molecular weight is 284 g/mol. The van der Waals surface area contributed by atoms with Crippen LogP contribution in [0.5, 0.6) is 0 Å². The predicted molar refractivity (Wildman–Crippen MR) is 71.2 cm³/mol. The van der Waals surface area contributed by atoms with Crippen LogP contribution in [0.25, 0.3) is 0 Å². The van der Waals surface area contributed by atoms with E-state index in [4.69, 9.17) is 5.84 Å². The van der Waals surface area contributed by atoms with Crippen LogP contribution in [0.3, 0.4) is 0 Å². The zero-order chi connectivity index (χ0) is 14.0. The monoisotopic (exact) mass is 284 g/mol. The standard InChI is InChI=1S/C11H16N4O3S/c1-15(9-4-5-19(17,18)7-9)11(16)10-3-2-8(14-12)6-13-10/h2-3,6,9,14H,4-5,7,12H2,1H3. The van der Waals surface area contributed by atoms with Gasteiger partial charge >= 0.3 is 0 Å². The van der Waals surface area contributed by atoms with E-state index in [0.29, 0.717) is 12.1 Å². The van der Waals surface area contributed by atoms with Crippen LogP contribution < -0.4 is 11.3 Å². The van der Waals surface area contributed by atoms with Crippen molar-refractivity contribution in [3.05, 3.63) is 24.0 Å². The van der Waals surface area contributed by atoms with Crippen molar-refractivity contribution < 1.29 is 13.2 Å². The molecule has 0 bridgehead atoms. The number of anilines is 1. The van der Waals surface area contributed by atoms with E-state index in [1.54, 1.807) is 19.2 Å². The van der Waals surface area contributed by atoms with E-state index in [9.17, 15) is 13.2 Å². The van der Waals surface area contributed by atoms with E-state index < -0.39 is 9.84 Å². The molecule has 1 aromatic rings. The van der Waals surface area contributed by atoms with Gasteiger partial charge in [-0.3, -0.25) is 10.6 Å². The third-order valence-corrected chi connectivity index (χ3v) is 4.98. The number of nitrogen functional groups attached to an aromatic ring is 1. The van der Waals surface area contributed by atoms with Gasteiger partial charge in [0.05, 0.1) is 23.4 Å². The lowest BCUT2D eigenvalue weighted by molar-refractivity contribution is 0.0742. The highest BCUT2D eigenvalue weighted by molar-refractivity contribution is 7.91. The number of rotatable bonds is 3. The minimum absolute atomic E-state index is 0.0255. The molecule has 3 N–H and O–H groups in total. The van der Waals surface area contributed by atoms with Gasteiger partial charge in [0, 0.05) is 13.1 Å². The molecule has 0 radical (unpaired) electrons. The van der Waals surface area contributed by atoms with E-state index in [-0.39, 0.29) is 29.1 Å². The van der Waals surface area contributed by atoms with Crippen molar-refractivity contribution in [1.29, 1.82) is 0 Å². The number of nitrogens with two attached hydrogens (primary N) is 1. The maximum absolute atomic E-state index is 12.2. The third-order valence-electron chi connectivity index (χ3n) is 3.23. The number of carbonyl (C=O) groups is 1. The molecule has 1 aliphatic rings. The average Bonchev–Trinajstić information content (AvgIpc) is 2.77. The van der Waals surface area contributed by atoms with Crippen molar-refractivity contribution in [3.8, 4) is 0 Å². The maximum atomic E-state index is 12.2. The number of pyridine rings is 1. The minimum atomic E-state index is -3.01. The SMILES string of the molecule is CN(C(=O)c1ccc(NN)cn1)C1CCS(=O)(=O)C1. The number of carbonyl (C=O) groups excluding carboxylic acids is 1. The van der Waals surface area contributed by atoms with Gasteiger partial charge in [0.2, 0.25) is 0 Å². The summed E-state index contributed by atoms with van der Waals surface area (Å²) in [6, 6.07) is 2.92. The topological polar surface area (TPSA) is 105 Å². The third kappa shape index (κ3) is 3.02. The second-order valence-electron chi connectivity index (χ2n) is 4.55. The Labute approximate surface area is 111 Å². The summed E-state index contributed by atoms with van der Waals surface area (Å²) in [4.78, 5) is 17.6. The lowest BCUT2D eigenvalue weighted by atomic mass is 10.2. The number of nitrogens with one attached hydrogen (secondary N) is 1. The maximum Gasteiger partial charge on any atom is 0.272 e. The summed E-state index contributed by atoms with van der Waals surface area (Å²) in [5.74, 6) is 5.09. The zero-order valence-corrected chi connectivity index (χ0v) is 11.4. The summed E-state index contributed by atoms with van der Waals surface area (Å²) in [5.41, 5.74) is 3.29. The van der Waals surface area contributed by atoms with Crippen molar-refractivity contribution in [2.45, 2.75) is 12.5 Å². The number of amides is 1. The van der Waals surface area contributed by atoms with Crippen molar-refractivity contribution in [2.75, 3.05) is 24.0 Å². The van der Waals surface area contributed by atoms with Gasteiger partial charge in [-0.15, -0.1) is 0 Å². The second kappa shape index (κ2) is 5.14. The van der Waals surface area contributed by atoms with E-state index >= 15 is 0 Å². The molecule has 1 saturated heterocycles. The molecule has 0 spiro atoms. The van der Waals surface area contributed by atoms with Crippen LogP contribution >= 0.6 is 0 Å². The van der Waals surface area contributed by atoms with Gasteiger partial charge in [-0.2, -0.15) is 0 Å². The first-order valence-corrected chi connectivity index (χ1v) is 7.65. The van der Waals surface area contributed by atoms with Crippen LogP contribution in [0.1, 0.15) is 16.9 Å². The van der Waals surface area contributed by atoms with E-state index in [0.717, 1.165) is 0 Å². The summed E-state index contributed by atoms with van der Waals surface area (Å²) in [6.07, 6.45) is 1.93. The van der Waals surface area contributed by atoms with Gasteiger partial charge in [-0.25, -0.2) is 13.4 Å². The fraction of sp³-hybridized carbons (Fsp3) is 0.455. The number of hydrogen-bond donors (Lipinski definition) is 2. The summed E-state index contributed by atoms with van der Waals surface area (Å²) in [6.45, 7) is 0. The minimum Gasteiger partial charge on any atom is -0.336 e. The lowest BCUT2D eigenvalue weighted by Crippen LogP contribution is -2.38. The van der Waals surface area contributed by atoms with Crippen LogP contribution in [0.2, 0.25) is 0 Å². The first-order chi connectivity index (χ1) is 8.93. The molecular weight excluding hydrogens is 268 g/mol. The quantitative estimate of drug-likeness (QED) is 0.579. The van der Waals surface area contributed by atoms with Crippen LogP contribution in [-0.2, 0) is 9.84 Å². The van der Waals surface area contributed by atoms with Crippen LogP contribution in [0.15, 0.2) is 18.3 Å². The van der Waals surface area contributed by atoms with Crippen LogP contribution in [-0.4, -0.2) is 48.8 Å². The Bertz CT molecular complexity index is 570. The largest absolute Gasteiger partial charge is 0.336 e. The van der Waals surface area contributed by atoms with Gasteiger partial charge in [0.1, 0.15) is 5.69 Å². The molecule has 1 aromatic heterocycles. The van der Waals surface area contributed by atoms with Gasteiger partial charge in [0.25, 0.3) is 5.91 Å². The predicted octanol–water partition coefficient (Wildman–Crippen LogP) is -0.374. The van der Waals surface area contributed by atoms with Gasteiger partial charge < -0.3 is 10.3 Å². The molecule has 1 unspecified atom stereocenters. The fourth-order valence-corrected chi connectivity index (χ4v) is 3.81. The second-order valence-corrected chi connectivity index (χ2v) is 6.78. The Morgan fingerprint density at radius 2 is 2.26 bits per heavy atom. The molecule has 2 heterocycles. The van der Waals surface area contributed by atoms with E-state index in [2.05, 4.69) is 10.4 Å². The molecule has 0 aromatic carbocycles. The van der Waals surface area contributed by atoms with Crippen LogP contribution in [0, 0.1) is 0 Å². The van der Waals surface area contributed by atoms with Crippen molar-refractivity contribution >= 4 is 21.4 Å². The highest BCUT2D eigenvalue weighted by atomic mass is 32.2. The molecule has 1 aliphatic heterocycles. The first-order valence-electron chi connectivity index (χ1n) is 5.83. The highest BCUT2D eigenvalue weighted by Crippen LogP contribution is 2.18. The Morgan fingerprint density at radius 1 is 1.53 bits per heavy atom. The molecule has 1 atom stereocenters. The number of hydrogen-bond acceptors (Lipinski definition) is 6. The van der Waals surface area contributed by atoms with E-state index in [1.807, 2.05) is 0 Å². The fourth-order valence-electron chi connectivity index (χ4n) is 2.03. The van der Waals surface area contributed by atoms with Gasteiger partial charge in [-0.1, -0.05) is 0 Å². The summed E-state index contributed by atoms with van der Waals surface area (Å²) < 4.78 is 22.8. The zero-order valence-electron chi connectivity index (χ0n) is 10.5. The molecule has 2 rings (SSSR count). The normalized spacial score (nSPS) is 21.1. The smallest absolute Gasteiger partial charge is 0.272 e. The first kappa shape index (κ1) is 13.8. The summed E-state index contributed by atoms with van der Waals surface area (Å²) in [5, 5.41) is 0. The van der Waals surface area contributed by atoms with Crippen molar-refractivity contribution in [1.82, 2.24) is 9.88 Å². The Balaban J connectivity index is 2.10. The molecular formula is C11H16N4O3S. The Morgan fingerprint density at radius 3 is 2.74 bits per heavy atom. The Hall–Kier alpha value is -1.67. The summed E-state index contributed by atoms with van der Waals surface area (Å²) >= 11 is 0. The molecule has 8 heteroatoms. The number of sulfone groups is 1. The van der Waals surface area contributed by atoms with Gasteiger partial charge in [-0.05, 0) is 18.6 Å². The Kier molecular flexibility index (Phi) is 3.72. The van der Waals surface area contributed by atoms with Crippen molar-refractivity contribution in [3.63, 3.8) is 0 Å². The van der Waals surface area contributed by atoms with E-state index in [1.165, 1.54) is 11.1 Å². The molecule has 104 valence electrons. The number of hydrazine groups is 1. The molecule has 0 aliphatic carbocycles. The number of aromatic nitrogens is 1. The van der Waals surface area contributed by atoms with Crippen LogP contribution in [0.4, 0.5) is 5.69 Å². The molecule has 7 nitrogen and oxygen atoms in total. The molecule has 1 amide bonds. The highest BCUT2D eigenvalue weighted by Gasteiger charge is 2.33.